The molecule has 0 radical (unpaired) electrons. The monoisotopic (exact) mass is 361 g/mol. The molecule has 0 aromatic carbocycles. The van der Waals surface area contributed by atoms with Crippen LogP contribution in [0.25, 0.3) is 0 Å². The van der Waals surface area contributed by atoms with Crippen molar-refractivity contribution in [2.24, 2.45) is 0 Å². The average molecular weight is 359 g/mol. The molecule has 1 rings (SSSR count). The molecule has 5 nitrogen and oxygen atoms in total. The summed E-state index contributed by atoms with van der Waals surface area (Å²) in [5.74, 6) is 0.975. The molecule has 0 unspecified atom stereocenters. The van der Waals surface area contributed by atoms with Gasteiger partial charge in [0.15, 0.2) is 0 Å². The Bertz CT molecular complexity index is 339. The minimum atomic E-state index is -0.103. The van der Waals surface area contributed by atoms with Crippen molar-refractivity contribution in [1.29, 1.82) is 0 Å². The molecule has 0 amide bonds. The van der Waals surface area contributed by atoms with E-state index in [4.69, 9.17) is 11.6 Å². The van der Waals surface area contributed by atoms with E-state index >= 15 is 0 Å². The van der Waals surface area contributed by atoms with Gasteiger partial charge in [-0.25, -0.2) is 0 Å². The van der Waals surface area contributed by atoms with Gasteiger partial charge in [0.1, 0.15) is 0 Å². The number of hydrogen-bond acceptors (Lipinski definition) is 5. The van der Waals surface area contributed by atoms with Crippen LogP contribution in [0, 0.1) is 0 Å². The number of hydrogen-bond donors (Lipinski definition) is 2. The Morgan fingerprint density at radius 3 is 2.19 bits per heavy atom. The van der Waals surface area contributed by atoms with Crippen molar-refractivity contribution in [1.82, 2.24) is 15.0 Å². The SMILES string of the molecule is CCNc1nc(Cl)nc(NC(C)(C)C)n1.[TeH2]. The fraction of sp³-hybridized carbons (Fsp3) is 0.667. The van der Waals surface area contributed by atoms with Crippen LogP contribution in [-0.4, -0.2) is 50.7 Å². The Kier molecular flexibility index (Phi) is 6.31. The molecule has 1 aromatic rings. The molecule has 0 bridgehead atoms. The van der Waals surface area contributed by atoms with E-state index in [0.29, 0.717) is 11.9 Å². The van der Waals surface area contributed by atoms with E-state index in [1.54, 1.807) is 0 Å². The molecular formula is C9H18ClN5Te. The van der Waals surface area contributed by atoms with Crippen LogP contribution >= 0.6 is 11.6 Å². The van der Waals surface area contributed by atoms with Crippen LogP contribution in [-0.2, 0) is 0 Å². The van der Waals surface area contributed by atoms with Gasteiger partial charge in [0.25, 0.3) is 0 Å². The molecular weight excluding hydrogens is 341 g/mol. The van der Waals surface area contributed by atoms with E-state index in [1.165, 1.54) is 0 Å². The molecule has 0 fully saturated rings. The number of nitrogens with one attached hydrogen (secondary N) is 2. The van der Waals surface area contributed by atoms with Crippen molar-refractivity contribution in [2.75, 3.05) is 17.2 Å². The summed E-state index contributed by atoms with van der Waals surface area (Å²) < 4.78 is 0. The van der Waals surface area contributed by atoms with Gasteiger partial charge in [0.05, 0.1) is 0 Å². The van der Waals surface area contributed by atoms with Crippen molar-refractivity contribution in [3.05, 3.63) is 5.28 Å². The fourth-order valence-electron chi connectivity index (χ4n) is 0.979. The van der Waals surface area contributed by atoms with Crippen LogP contribution in [0.3, 0.4) is 0 Å². The number of nitrogens with zero attached hydrogens (tertiary/aromatic N) is 3. The normalized spacial score (nSPS) is 10.6. The van der Waals surface area contributed by atoms with E-state index in [0.717, 1.165) is 6.54 Å². The third-order valence-electron chi connectivity index (χ3n) is 1.43. The number of rotatable bonds is 3. The Morgan fingerprint density at radius 2 is 1.69 bits per heavy atom. The van der Waals surface area contributed by atoms with Gasteiger partial charge in [-0.05, 0) is 39.3 Å². The molecule has 1 aromatic heterocycles. The van der Waals surface area contributed by atoms with Crippen LogP contribution in [0.1, 0.15) is 27.7 Å². The van der Waals surface area contributed by atoms with Crippen LogP contribution in [0.5, 0.6) is 0 Å². The maximum absolute atomic E-state index is 5.77. The molecule has 2 N–H and O–H groups in total. The summed E-state index contributed by atoms with van der Waals surface area (Å²) in [6.07, 6.45) is 0. The third kappa shape index (κ3) is 5.69. The molecule has 7 heteroatoms. The first kappa shape index (κ1) is 15.7. The zero-order chi connectivity index (χ0) is 11.5. The van der Waals surface area contributed by atoms with Gasteiger partial charge in [0.2, 0.25) is 17.2 Å². The summed E-state index contributed by atoms with van der Waals surface area (Å²) in [7, 11) is 0. The molecule has 0 aliphatic heterocycles. The zero-order valence-corrected chi connectivity index (χ0v) is 13.5. The molecule has 0 spiro atoms. The molecule has 1 heterocycles. The Morgan fingerprint density at radius 1 is 1.12 bits per heavy atom. The van der Waals surface area contributed by atoms with Gasteiger partial charge < -0.3 is 10.6 Å². The van der Waals surface area contributed by atoms with Crippen molar-refractivity contribution in [2.45, 2.75) is 33.2 Å². The second kappa shape index (κ2) is 6.43. The summed E-state index contributed by atoms with van der Waals surface area (Å²) in [6, 6.07) is 0. The minimum absolute atomic E-state index is 0. The second-order valence-corrected chi connectivity index (χ2v) is 4.50. The predicted molar refractivity (Wildman–Crippen MR) is 70.9 cm³/mol. The van der Waals surface area contributed by atoms with E-state index < -0.39 is 0 Å². The van der Waals surface area contributed by atoms with Gasteiger partial charge in [-0.2, -0.15) is 15.0 Å². The van der Waals surface area contributed by atoms with Crippen LogP contribution < -0.4 is 10.6 Å². The fourth-order valence-corrected chi connectivity index (χ4v) is 1.14. The Hall–Kier alpha value is -0.310. The number of aromatic nitrogens is 3. The molecule has 16 heavy (non-hydrogen) atoms. The Labute approximate surface area is 118 Å². The van der Waals surface area contributed by atoms with Crippen molar-refractivity contribution in [3.63, 3.8) is 0 Å². The average Bonchev–Trinajstić information content (AvgIpc) is 1.99. The van der Waals surface area contributed by atoms with Crippen molar-refractivity contribution >= 4 is 47.2 Å². The predicted octanol–water partition coefficient (Wildman–Crippen LogP) is 1.25. The summed E-state index contributed by atoms with van der Waals surface area (Å²) in [4.78, 5) is 12.1. The van der Waals surface area contributed by atoms with Gasteiger partial charge in [-0.3, -0.25) is 0 Å². The first-order chi connectivity index (χ1) is 6.90. The first-order valence-corrected chi connectivity index (χ1v) is 5.22. The van der Waals surface area contributed by atoms with Crippen molar-refractivity contribution in [3.8, 4) is 0 Å². The number of anilines is 2. The maximum atomic E-state index is 5.77. The second-order valence-electron chi connectivity index (χ2n) is 4.16. The molecule has 0 saturated heterocycles. The van der Waals surface area contributed by atoms with E-state index in [9.17, 15) is 0 Å². The molecule has 0 atom stereocenters. The molecule has 92 valence electrons. The zero-order valence-electron chi connectivity index (χ0n) is 9.93. The van der Waals surface area contributed by atoms with Gasteiger partial charge >= 0.3 is 23.7 Å². The first-order valence-electron chi connectivity index (χ1n) is 4.84. The van der Waals surface area contributed by atoms with Gasteiger partial charge in [-0.1, -0.05) is 0 Å². The van der Waals surface area contributed by atoms with E-state index in [1.807, 2.05) is 27.7 Å². The van der Waals surface area contributed by atoms with Crippen molar-refractivity contribution < 1.29 is 0 Å². The summed E-state index contributed by atoms with van der Waals surface area (Å²) in [5, 5.41) is 6.31. The number of halogens is 1. The summed E-state index contributed by atoms with van der Waals surface area (Å²) in [6.45, 7) is 8.79. The molecule has 0 aliphatic carbocycles. The topological polar surface area (TPSA) is 62.7 Å². The van der Waals surface area contributed by atoms with Gasteiger partial charge in [0, 0.05) is 12.1 Å². The Balaban J connectivity index is 0.00000225. The van der Waals surface area contributed by atoms with E-state index in [-0.39, 0.29) is 34.5 Å². The summed E-state index contributed by atoms with van der Waals surface area (Å²) in [5.41, 5.74) is -0.103. The standard InChI is InChI=1S/C9H16ClN5.H2Te/c1-5-11-7-12-6(10)13-8(14-7)15-9(2,3)4;/h5H2,1-4H3,(H2,11,12,13,14,15);1H2. The summed E-state index contributed by atoms with van der Waals surface area (Å²) >= 11 is 5.77. The van der Waals surface area contributed by atoms with Crippen LogP contribution in [0.4, 0.5) is 11.9 Å². The molecule has 0 aliphatic rings. The van der Waals surface area contributed by atoms with Crippen LogP contribution in [0.15, 0.2) is 0 Å². The quantitative estimate of drug-likeness (QED) is 0.796. The van der Waals surface area contributed by atoms with Gasteiger partial charge in [-0.15, -0.1) is 0 Å². The van der Waals surface area contributed by atoms with E-state index in [2.05, 4.69) is 25.6 Å². The van der Waals surface area contributed by atoms with Crippen LogP contribution in [0.2, 0.25) is 5.28 Å². The molecule has 0 saturated carbocycles. The third-order valence-corrected chi connectivity index (χ3v) is 1.60.